The second kappa shape index (κ2) is 13.4. The number of carbonyl (C=O) groups is 1. The molecule has 0 aliphatic heterocycles. The van der Waals surface area contributed by atoms with Crippen LogP contribution in [-0.4, -0.2) is 12.6 Å². The molecule has 35 heavy (non-hydrogen) atoms. The molecule has 0 N–H and O–H groups in total. The van der Waals surface area contributed by atoms with Gasteiger partial charge in [0.05, 0.1) is 17.7 Å². The number of rotatable bonds is 10. The SMILES string of the molecule is COc1cccc(Cl)c1C(=O)Pc1ccc(OCc2ccccc2)cc1OCc1ccccc1.[Li+]. The van der Waals surface area contributed by atoms with Gasteiger partial charge in [-0.3, -0.25) is 4.79 Å². The third-order valence-corrected chi connectivity index (χ3v) is 6.58. The number of benzene rings is 4. The van der Waals surface area contributed by atoms with Crippen LogP contribution in [0, 0.1) is 0 Å². The van der Waals surface area contributed by atoms with Gasteiger partial charge in [-0.15, -0.1) is 0 Å². The van der Waals surface area contributed by atoms with Crippen LogP contribution in [0.25, 0.3) is 0 Å². The maximum absolute atomic E-state index is 13.2. The summed E-state index contributed by atoms with van der Waals surface area (Å²) in [4.78, 5) is 13.2. The average molecular weight is 498 g/mol. The van der Waals surface area contributed by atoms with Crippen LogP contribution in [0.4, 0.5) is 0 Å². The van der Waals surface area contributed by atoms with E-state index >= 15 is 0 Å². The van der Waals surface area contributed by atoms with Gasteiger partial charge in [-0.2, -0.15) is 0 Å². The van der Waals surface area contributed by atoms with Gasteiger partial charge < -0.3 is 14.2 Å². The van der Waals surface area contributed by atoms with Crippen molar-refractivity contribution in [1.82, 2.24) is 0 Å². The molecule has 0 bridgehead atoms. The molecule has 0 heterocycles. The molecule has 172 valence electrons. The maximum Gasteiger partial charge on any atom is 1.00 e. The summed E-state index contributed by atoms with van der Waals surface area (Å²) in [6.07, 6.45) is 0. The van der Waals surface area contributed by atoms with Gasteiger partial charge in [-0.25, -0.2) is 0 Å². The van der Waals surface area contributed by atoms with Gasteiger partial charge in [0, 0.05) is 11.4 Å². The molecule has 1 atom stereocenters. The number of carbonyl (C=O) groups excluding carboxylic acids is 1. The fourth-order valence-electron chi connectivity index (χ4n) is 3.37. The van der Waals surface area contributed by atoms with E-state index in [2.05, 4.69) is 0 Å². The van der Waals surface area contributed by atoms with Crippen LogP contribution >= 0.6 is 20.2 Å². The van der Waals surface area contributed by atoms with Crippen molar-refractivity contribution < 1.29 is 37.9 Å². The van der Waals surface area contributed by atoms with Gasteiger partial charge in [-0.1, -0.05) is 78.3 Å². The minimum absolute atomic E-state index is 0. The summed E-state index contributed by atoms with van der Waals surface area (Å²) < 4.78 is 17.5. The Hall–Kier alpha value is -2.73. The second-order valence-electron chi connectivity index (χ2n) is 7.48. The van der Waals surface area contributed by atoms with Crippen LogP contribution in [0.15, 0.2) is 97.1 Å². The van der Waals surface area contributed by atoms with Crippen LogP contribution < -0.4 is 38.4 Å². The Balaban J connectivity index is 0.00000342. The zero-order valence-corrected chi connectivity index (χ0v) is 21.4. The fraction of sp³-hybridized carbons (Fsp3) is 0.107. The molecular weight excluding hydrogens is 474 g/mol. The number of ether oxygens (including phenoxy) is 3. The summed E-state index contributed by atoms with van der Waals surface area (Å²) in [5, 5.41) is 1.14. The monoisotopic (exact) mass is 497 g/mol. The van der Waals surface area contributed by atoms with E-state index in [-0.39, 0.29) is 33.0 Å². The van der Waals surface area contributed by atoms with Crippen molar-refractivity contribution >= 4 is 31.0 Å². The number of hydrogen-bond donors (Lipinski definition) is 0. The Morgan fingerprint density at radius 3 is 2.03 bits per heavy atom. The number of hydrogen-bond acceptors (Lipinski definition) is 4. The summed E-state index contributed by atoms with van der Waals surface area (Å²) in [7, 11) is 1.33. The Bertz CT molecular complexity index is 1250. The van der Waals surface area contributed by atoms with Crippen molar-refractivity contribution in [2.24, 2.45) is 0 Å². The topological polar surface area (TPSA) is 44.8 Å². The molecule has 0 aliphatic rings. The molecule has 7 heteroatoms. The van der Waals surface area contributed by atoms with Crippen molar-refractivity contribution in [3.63, 3.8) is 0 Å². The smallest absolute Gasteiger partial charge is 0.496 e. The van der Waals surface area contributed by atoms with Crippen LogP contribution in [0.5, 0.6) is 17.2 Å². The molecule has 4 aromatic rings. The summed E-state index contributed by atoms with van der Waals surface area (Å²) in [6, 6.07) is 30.6. The Labute approximate surface area is 224 Å². The molecule has 4 aromatic carbocycles. The van der Waals surface area contributed by atoms with Crippen LogP contribution in [-0.2, 0) is 13.2 Å². The predicted octanol–water partition coefficient (Wildman–Crippen LogP) is 3.65. The fourth-order valence-corrected chi connectivity index (χ4v) is 4.76. The van der Waals surface area contributed by atoms with E-state index in [9.17, 15) is 4.79 Å². The first-order valence-corrected chi connectivity index (χ1v) is 12.1. The van der Waals surface area contributed by atoms with Crippen LogP contribution in [0.3, 0.4) is 0 Å². The van der Waals surface area contributed by atoms with Crippen LogP contribution in [0.2, 0.25) is 5.02 Å². The standard InChI is InChI=1S/C28H24ClO4P.Li/c1-31-24-14-8-13-23(29)27(24)28(30)34-26-16-15-22(32-18-20-9-4-2-5-10-20)17-25(26)33-19-21-11-6-3-7-12-21;/h2-17,34H,18-19H2,1H3;/q;+1. The number of methoxy groups -OCH3 is 1. The molecule has 0 aliphatic carbocycles. The molecule has 0 amide bonds. The molecule has 4 rings (SSSR count). The third-order valence-electron chi connectivity index (χ3n) is 5.11. The zero-order chi connectivity index (χ0) is 23.8. The quantitative estimate of drug-likeness (QED) is 0.248. The first kappa shape index (κ1) is 26.9. The van der Waals surface area contributed by atoms with Gasteiger partial charge in [0.1, 0.15) is 30.5 Å². The molecule has 1 unspecified atom stereocenters. The summed E-state index contributed by atoms with van der Waals surface area (Å²) >= 11 is 6.33. The Morgan fingerprint density at radius 1 is 0.771 bits per heavy atom. The van der Waals surface area contributed by atoms with Crippen molar-refractivity contribution in [1.29, 1.82) is 0 Å². The molecule has 0 fully saturated rings. The summed E-state index contributed by atoms with van der Waals surface area (Å²) in [6.45, 7) is 0.820. The van der Waals surface area contributed by atoms with Gasteiger partial charge >= 0.3 is 18.9 Å². The van der Waals surface area contributed by atoms with Crippen molar-refractivity contribution in [3.8, 4) is 17.2 Å². The van der Waals surface area contributed by atoms with Crippen LogP contribution in [0.1, 0.15) is 21.5 Å². The first-order chi connectivity index (χ1) is 16.6. The largest absolute Gasteiger partial charge is 1.00 e. The van der Waals surface area contributed by atoms with Gasteiger partial charge in [0.25, 0.3) is 0 Å². The van der Waals surface area contributed by atoms with E-state index in [1.807, 2.05) is 78.9 Å². The molecule has 0 spiro atoms. The van der Waals surface area contributed by atoms with Crippen molar-refractivity contribution in [2.45, 2.75) is 13.2 Å². The second-order valence-corrected chi connectivity index (χ2v) is 9.13. The van der Waals surface area contributed by atoms with E-state index < -0.39 is 0 Å². The maximum atomic E-state index is 13.2. The van der Waals surface area contributed by atoms with Crippen molar-refractivity contribution in [3.05, 3.63) is 119 Å². The minimum atomic E-state index is -0.195. The molecule has 0 radical (unpaired) electrons. The van der Waals surface area contributed by atoms with E-state index in [0.717, 1.165) is 16.4 Å². The predicted molar refractivity (Wildman–Crippen MR) is 138 cm³/mol. The minimum Gasteiger partial charge on any atom is -0.496 e. The van der Waals surface area contributed by atoms with Gasteiger partial charge in [0.15, 0.2) is 5.52 Å². The molecule has 4 nitrogen and oxygen atoms in total. The summed E-state index contributed by atoms with van der Waals surface area (Å²) in [5.74, 6) is 1.73. The zero-order valence-electron chi connectivity index (χ0n) is 19.7. The third kappa shape index (κ3) is 7.37. The van der Waals surface area contributed by atoms with Gasteiger partial charge in [0.2, 0.25) is 0 Å². The van der Waals surface area contributed by atoms with E-state index in [1.165, 1.54) is 7.11 Å². The molecule has 0 aromatic heterocycles. The molecule has 0 saturated heterocycles. The normalized spacial score (nSPS) is 10.6. The van der Waals surface area contributed by atoms with E-state index in [4.69, 9.17) is 25.8 Å². The van der Waals surface area contributed by atoms with E-state index in [0.29, 0.717) is 41.0 Å². The van der Waals surface area contributed by atoms with E-state index in [1.54, 1.807) is 18.2 Å². The molecule has 0 saturated carbocycles. The Kier molecular flexibility index (Phi) is 10.3. The summed E-state index contributed by atoms with van der Waals surface area (Å²) in [5.41, 5.74) is 2.36. The Morgan fingerprint density at radius 2 is 1.40 bits per heavy atom. The van der Waals surface area contributed by atoms with Crippen molar-refractivity contribution in [2.75, 3.05) is 7.11 Å². The molecular formula is C28H24ClLiO4P+. The first-order valence-electron chi connectivity index (χ1n) is 10.8. The number of halogens is 1. The average Bonchev–Trinajstić information content (AvgIpc) is 2.88. The van der Waals surface area contributed by atoms with Gasteiger partial charge in [-0.05, 0) is 44.0 Å².